The summed E-state index contributed by atoms with van der Waals surface area (Å²) in [6.07, 6.45) is 9.53. The molecule has 94 valence electrons. The first-order chi connectivity index (χ1) is 8.27. The lowest BCUT2D eigenvalue weighted by atomic mass is 10.1. The lowest BCUT2D eigenvalue weighted by molar-refractivity contribution is -0.137. The third-order valence-corrected chi connectivity index (χ3v) is 3.41. The number of hydrogen-bond donors (Lipinski definition) is 1. The zero-order valence-corrected chi connectivity index (χ0v) is 10.0. The molecular weight excluding hydrogens is 218 g/mol. The minimum absolute atomic E-state index is 0.248. The van der Waals surface area contributed by atoms with Gasteiger partial charge in [-0.25, -0.2) is 0 Å². The first kappa shape index (κ1) is 12.1. The Morgan fingerprint density at radius 3 is 2.88 bits per heavy atom. The van der Waals surface area contributed by atoms with Gasteiger partial charge >= 0.3 is 5.97 Å². The number of carboxylic acid groups (broad SMARTS) is 1. The van der Waals surface area contributed by atoms with Gasteiger partial charge in [-0.05, 0) is 25.7 Å². The maximum atomic E-state index is 10.4. The number of nitrogens with zero attached hydrogens (tertiary/aromatic N) is 3. The van der Waals surface area contributed by atoms with Gasteiger partial charge in [0, 0.05) is 18.9 Å². The molecule has 1 fully saturated rings. The molecule has 1 saturated carbocycles. The molecule has 17 heavy (non-hydrogen) atoms. The van der Waals surface area contributed by atoms with Gasteiger partial charge in [-0.3, -0.25) is 4.79 Å². The molecule has 5 nitrogen and oxygen atoms in total. The van der Waals surface area contributed by atoms with Crippen molar-refractivity contribution in [3.8, 4) is 0 Å². The summed E-state index contributed by atoms with van der Waals surface area (Å²) in [5.74, 6) is 0.296. The molecule has 2 rings (SSSR count). The van der Waals surface area contributed by atoms with E-state index < -0.39 is 5.97 Å². The molecule has 0 atom stereocenters. The normalized spacial score (nSPS) is 16.5. The SMILES string of the molecule is O=C(O)CCCCc1nncn1C1CCCC1. The Morgan fingerprint density at radius 1 is 1.41 bits per heavy atom. The van der Waals surface area contributed by atoms with Crippen molar-refractivity contribution in [3.63, 3.8) is 0 Å². The Morgan fingerprint density at radius 2 is 2.18 bits per heavy atom. The fourth-order valence-corrected chi connectivity index (χ4v) is 2.49. The van der Waals surface area contributed by atoms with Crippen LogP contribution in [-0.2, 0) is 11.2 Å². The van der Waals surface area contributed by atoms with E-state index >= 15 is 0 Å². The van der Waals surface area contributed by atoms with E-state index in [9.17, 15) is 4.79 Å². The average Bonchev–Trinajstić information content (AvgIpc) is 2.94. The van der Waals surface area contributed by atoms with Gasteiger partial charge in [-0.1, -0.05) is 12.8 Å². The highest BCUT2D eigenvalue weighted by Crippen LogP contribution is 2.30. The summed E-state index contributed by atoms with van der Waals surface area (Å²) in [7, 11) is 0. The maximum Gasteiger partial charge on any atom is 0.303 e. The highest BCUT2D eigenvalue weighted by atomic mass is 16.4. The van der Waals surface area contributed by atoms with E-state index in [1.807, 2.05) is 6.33 Å². The number of aromatic nitrogens is 3. The summed E-state index contributed by atoms with van der Waals surface area (Å²) < 4.78 is 2.19. The van der Waals surface area contributed by atoms with E-state index in [0.29, 0.717) is 12.5 Å². The molecule has 0 spiro atoms. The van der Waals surface area contributed by atoms with Gasteiger partial charge in [0.1, 0.15) is 12.2 Å². The molecule has 0 aliphatic heterocycles. The summed E-state index contributed by atoms with van der Waals surface area (Å²) in [5.41, 5.74) is 0. The van der Waals surface area contributed by atoms with Crippen LogP contribution < -0.4 is 0 Å². The van der Waals surface area contributed by atoms with E-state index in [2.05, 4.69) is 14.8 Å². The van der Waals surface area contributed by atoms with Crippen LogP contribution in [0, 0.1) is 0 Å². The Labute approximate surface area is 101 Å². The van der Waals surface area contributed by atoms with Crippen LogP contribution in [-0.4, -0.2) is 25.8 Å². The maximum absolute atomic E-state index is 10.4. The van der Waals surface area contributed by atoms with Crippen LogP contribution >= 0.6 is 0 Å². The molecule has 5 heteroatoms. The molecule has 1 aliphatic rings. The van der Waals surface area contributed by atoms with Gasteiger partial charge in [-0.15, -0.1) is 10.2 Å². The molecule has 0 saturated heterocycles. The quantitative estimate of drug-likeness (QED) is 0.770. The van der Waals surface area contributed by atoms with Crippen molar-refractivity contribution < 1.29 is 9.90 Å². The molecule has 0 bridgehead atoms. The number of aliphatic carboxylic acids is 1. The van der Waals surface area contributed by atoms with Crippen molar-refractivity contribution in [3.05, 3.63) is 12.2 Å². The fourth-order valence-electron chi connectivity index (χ4n) is 2.49. The lowest BCUT2D eigenvalue weighted by Crippen LogP contribution is -2.08. The van der Waals surface area contributed by atoms with Crippen LogP contribution in [0.1, 0.15) is 56.8 Å². The van der Waals surface area contributed by atoms with E-state index in [0.717, 1.165) is 18.7 Å². The summed E-state index contributed by atoms with van der Waals surface area (Å²) in [4.78, 5) is 10.4. The highest BCUT2D eigenvalue weighted by molar-refractivity contribution is 5.66. The summed E-state index contributed by atoms with van der Waals surface area (Å²) >= 11 is 0. The molecule has 1 aromatic rings. The Kier molecular flexibility index (Phi) is 4.12. The fraction of sp³-hybridized carbons (Fsp3) is 0.750. The van der Waals surface area contributed by atoms with Gasteiger partial charge in [0.05, 0.1) is 0 Å². The van der Waals surface area contributed by atoms with E-state index in [-0.39, 0.29) is 6.42 Å². The van der Waals surface area contributed by atoms with Crippen molar-refractivity contribution in [2.45, 2.75) is 57.4 Å². The highest BCUT2D eigenvalue weighted by Gasteiger charge is 2.19. The number of carbonyl (C=O) groups is 1. The minimum Gasteiger partial charge on any atom is -0.481 e. The second kappa shape index (κ2) is 5.80. The first-order valence-corrected chi connectivity index (χ1v) is 6.37. The van der Waals surface area contributed by atoms with Crippen molar-refractivity contribution in [1.29, 1.82) is 0 Å². The molecule has 1 heterocycles. The van der Waals surface area contributed by atoms with Crippen LogP contribution in [0.4, 0.5) is 0 Å². The Hall–Kier alpha value is -1.39. The zero-order chi connectivity index (χ0) is 12.1. The lowest BCUT2D eigenvalue weighted by Gasteiger charge is -2.13. The van der Waals surface area contributed by atoms with Crippen molar-refractivity contribution in [2.75, 3.05) is 0 Å². The topological polar surface area (TPSA) is 68.0 Å². The Bertz CT molecular complexity index is 370. The molecular formula is C12H19N3O2. The predicted molar refractivity (Wildman–Crippen MR) is 62.7 cm³/mol. The molecule has 1 aromatic heterocycles. The molecule has 0 unspecified atom stereocenters. The van der Waals surface area contributed by atoms with Crippen LogP contribution in [0.3, 0.4) is 0 Å². The van der Waals surface area contributed by atoms with E-state index in [4.69, 9.17) is 5.11 Å². The van der Waals surface area contributed by atoms with Crippen LogP contribution in [0.2, 0.25) is 0 Å². The largest absolute Gasteiger partial charge is 0.481 e. The third-order valence-electron chi connectivity index (χ3n) is 3.41. The smallest absolute Gasteiger partial charge is 0.303 e. The summed E-state index contributed by atoms with van der Waals surface area (Å²) in [5, 5.41) is 16.7. The van der Waals surface area contributed by atoms with Crippen LogP contribution in [0.5, 0.6) is 0 Å². The summed E-state index contributed by atoms with van der Waals surface area (Å²) in [6, 6.07) is 0.569. The predicted octanol–water partition coefficient (Wildman–Crippen LogP) is 2.19. The second-order valence-electron chi connectivity index (χ2n) is 4.69. The van der Waals surface area contributed by atoms with Crippen molar-refractivity contribution in [1.82, 2.24) is 14.8 Å². The summed E-state index contributed by atoms with van der Waals surface area (Å²) in [6.45, 7) is 0. The minimum atomic E-state index is -0.720. The molecule has 0 aromatic carbocycles. The van der Waals surface area contributed by atoms with Crippen LogP contribution in [0.15, 0.2) is 6.33 Å². The third kappa shape index (κ3) is 3.28. The van der Waals surface area contributed by atoms with Gasteiger partial charge in [0.2, 0.25) is 0 Å². The number of aryl methyl sites for hydroxylation is 1. The van der Waals surface area contributed by atoms with Gasteiger partial charge < -0.3 is 9.67 Å². The monoisotopic (exact) mass is 237 g/mol. The number of hydrogen-bond acceptors (Lipinski definition) is 3. The average molecular weight is 237 g/mol. The zero-order valence-electron chi connectivity index (χ0n) is 10.0. The van der Waals surface area contributed by atoms with E-state index in [1.54, 1.807) is 0 Å². The Balaban J connectivity index is 1.83. The van der Waals surface area contributed by atoms with Crippen molar-refractivity contribution in [2.24, 2.45) is 0 Å². The number of rotatable bonds is 6. The molecule has 0 amide bonds. The van der Waals surface area contributed by atoms with Gasteiger partial charge in [0.25, 0.3) is 0 Å². The second-order valence-corrected chi connectivity index (χ2v) is 4.69. The van der Waals surface area contributed by atoms with E-state index in [1.165, 1.54) is 25.7 Å². The molecule has 0 radical (unpaired) electrons. The van der Waals surface area contributed by atoms with Crippen molar-refractivity contribution >= 4 is 5.97 Å². The first-order valence-electron chi connectivity index (χ1n) is 6.37. The molecule has 1 aliphatic carbocycles. The number of unbranched alkanes of at least 4 members (excludes halogenated alkanes) is 1. The number of carboxylic acids is 1. The van der Waals surface area contributed by atoms with Crippen LogP contribution in [0.25, 0.3) is 0 Å². The standard InChI is InChI=1S/C12H19N3O2/c16-12(17)8-4-3-7-11-14-13-9-15(11)10-5-1-2-6-10/h9-10H,1-8H2,(H,16,17). The van der Waals surface area contributed by atoms with Gasteiger partial charge in [-0.2, -0.15) is 0 Å². The molecule has 1 N–H and O–H groups in total. The van der Waals surface area contributed by atoms with Gasteiger partial charge in [0.15, 0.2) is 0 Å².